The molecule has 1 rings (SSSR count). The molecule has 0 aliphatic carbocycles. The van der Waals surface area contributed by atoms with Crippen LogP contribution in [0.2, 0.25) is 0 Å². The molecule has 0 aliphatic heterocycles. The SMILES string of the molecule is CCOC(=O)c1ccc(NCCCS(C)(=O)=O)c(N)c1. The monoisotopic (exact) mass is 300 g/mol. The van der Waals surface area contributed by atoms with Crippen LogP contribution in [-0.2, 0) is 14.6 Å². The highest BCUT2D eigenvalue weighted by Crippen LogP contribution is 2.20. The molecule has 0 atom stereocenters. The summed E-state index contributed by atoms with van der Waals surface area (Å²) in [5, 5.41) is 3.04. The third-order valence-electron chi connectivity index (χ3n) is 2.57. The summed E-state index contributed by atoms with van der Waals surface area (Å²) in [5.74, 6) is -0.288. The molecule has 7 heteroatoms. The molecular formula is C13H20N2O4S. The van der Waals surface area contributed by atoms with Gasteiger partial charge >= 0.3 is 5.97 Å². The van der Waals surface area contributed by atoms with Gasteiger partial charge in [0.25, 0.3) is 0 Å². The molecule has 3 N–H and O–H groups in total. The predicted molar refractivity (Wildman–Crippen MR) is 79.6 cm³/mol. The lowest BCUT2D eigenvalue weighted by Crippen LogP contribution is -2.11. The van der Waals surface area contributed by atoms with E-state index < -0.39 is 15.8 Å². The van der Waals surface area contributed by atoms with Crippen molar-refractivity contribution in [2.24, 2.45) is 0 Å². The average Bonchev–Trinajstić information content (AvgIpc) is 2.35. The Kier molecular flexibility index (Phi) is 5.82. The van der Waals surface area contributed by atoms with Crippen LogP contribution in [0.25, 0.3) is 0 Å². The van der Waals surface area contributed by atoms with Crippen LogP contribution in [0.5, 0.6) is 0 Å². The summed E-state index contributed by atoms with van der Waals surface area (Å²) >= 11 is 0. The van der Waals surface area contributed by atoms with Gasteiger partial charge in [0.2, 0.25) is 0 Å². The van der Waals surface area contributed by atoms with E-state index >= 15 is 0 Å². The Balaban J connectivity index is 2.58. The Hall–Kier alpha value is -1.76. The molecule has 1 aromatic rings. The highest BCUT2D eigenvalue weighted by molar-refractivity contribution is 7.90. The lowest BCUT2D eigenvalue weighted by atomic mass is 10.1. The number of carbonyl (C=O) groups excluding carboxylic acids is 1. The van der Waals surface area contributed by atoms with Crippen molar-refractivity contribution in [1.82, 2.24) is 0 Å². The molecule has 0 aromatic heterocycles. The zero-order valence-corrected chi connectivity index (χ0v) is 12.5. The fourth-order valence-corrected chi connectivity index (χ4v) is 2.29. The van der Waals surface area contributed by atoms with Gasteiger partial charge < -0.3 is 15.8 Å². The van der Waals surface area contributed by atoms with Gasteiger partial charge in [-0.2, -0.15) is 0 Å². The van der Waals surface area contributed by atoms with E-state index in [9.17, 15) is 13.2 Å². The van der Waals surface area contributed by atoms with E-state index in [2.05, 4.69) is 5.32 Å². The highest BCUT2D eigenvalue weighted by atomic mass is 32.2. The van der Waals surface area contributed by atoms with Crippen molar-refractivity contribution in [3.8, 4) is 0 Å². The standard InChI is InChI=1S/C13H20N2O4S/c1-3-19-13(16)10-5-6-12(11(14)9-10)15-7-4-8-20(2,17)18/h5-6,9,15H,3-4,7-8,14H2,1-2H3. The summed E-state index contributed by atoms with van der Waals surface area (Å²) in [6.45, 7) is 2.54. The summed E-state index contributed by atoms with van der Waals surface area (Å²) in [4.78, 5) is 11.5. The van der Waals surface area contributed by atoms with Gasteiger partial charge in [-0.05, 0) is 31.5 Å². The molecule has 112 valence electrons. The van der Waals surface area contributed by atoms with Crippen molar-refractivity contribution in [1.29, 1.82) is 0 Å². The maximum atomic E-state index is 11.5. The maximum absolute atomic E-state index is 11.5. The number of benzene rings is 1. The molecule has 0 spiro atoms. The van der Waals surface area contributed by atoms with Gasteiger partial charge in [0, 0.05) is 12.8 Å². The number of hydrogen-bond donors (Lipinski definition) is 2. The number of esters is 1. The number of ether oxygens (including phenoxy) is 1. The lowest BCUT2D eigenvalue weighted by Gasteiger charge is -2.10. The van der Waals surface area contributed by atoms with E-state index in [1.807, 2.05) is 0 Å². The molecule has 0 heterocycles. The first-order chi connectivity index (χ1) is 9.33. The Morgan fingerprint density at radius 2 is 2.10 bits per heavy atom. The second kappa shape index (κ2) is 7.14. The molecular weight excluding hydrogens is 280 g/mol. The summed E-state index contributed by atoms with van der Waals surface area (Å²) in [7, 11) is -2.95. The molecule has 6 nitrogen and oxygen atoms in total. The lowest BCUT2D eigenvalue weighted by molar-refractivity contribution is 0.0526. The number of nitrogens with one attached hydrogen (secondary N) is 1. The second-order valence-electron chi connectivity index (χ2n) is 4.43. The summed E-state index contributed by atoms with van der Waals surface area (Å²) < 4.78 is 26.9. The molecule has 0 aliphatic rings. The number of carbonyl (C=O) groups is 1. The quantitative estimate of drug-likeness (QED) is 0.447. The highest BCUT2D eigenvalue weighted by Gasteiger charge is 2.09. The number of nitrogens with two attached hydrogens (primary N) is 1. The summed E-state index contributed by atoms with van der Waals surface area (Å²) in [5.41, 5.74) is 7.33. The fourth-order valence-electron chi connectivity index (χ4n) is 1.62. The number of rotatable bonds is 7. The van der Waals surface area contributed by atoms with Gasteiger partial charge in [-0.15, -0.1) is 0 Å². The average molecular weight is 300 g/mol. The van der Waals surface area contributed by atoms with Crippen LogP contribution in [0.1, 0.15) is 23.7 Å². The molecule has 0 saturated carbocycles. The van der Waals surface area contributed by atoms with E-state index in [4.69, 9.17) is 10.5 Å². The molecule has 0 radical (unpaired) electrons. The van der Waals surface area contributed by atoms with Crippen molar-refractivity contribution in [3.05, 3.63) is 23.8 Å². The van der Waals surface area contributed by atoms with E-state index in [1.54, 1.807) is 19.1 Å². The number of anilines is 2. The van der Waals surface area contributed by atoms with Crippen molar-refractivity contribution in [2.45, 2.75) is 13.3 Å². The van der Waals surface area contributed by atoms with Crippen LogP contribution >= 0.6 is 0 Å². The third kappa shape index (κ3) is 5.48. The first-order valence-corrected chi connectivity index (χ1v) is 8.38. The number of nitrogen functional groups attached to an aromatic ring is 1. The molecule has 0 unspecified atom stereocenters. The zero-order chi connectivity index (χ0) is 15.2. The van der Waals surface area contributed by atoms with Crippen LogP contribution in [0.15, 0.2) is 18.2 Å². The van der Waals surface area contributed by atoms with Gasteiger partial charge in [-0.1, -0.05) is 0 Å². The van der Waals surface area contributed by atoms with Crippen LogP contribution in [0, 0.1) is 0 Å². The van der Waals surface area contributed by atoms with E-state index in [0.717, 1.165) is 0 Å². The predicted octanol–water partition coefficient (Wildman–Crippen LogP) is 1.29. The molecule has 1 aromatic carbocycles. The molecule has 0 amide bonds. The third-order valence-corrected chi connectivity index (χ3v) is 3.60. The van der Waals surface area contributed by atoms with Gasteiger partial charge in [-0.3, -0.25) is 0 Å². The molecule has 0 bridgehead atoms. The zero-order valence-electron chi connectivity index (χ0n) is 11.7. The van der Waals surface area contributed by atoms with E-state index in [-0.39, 0.29) is 5.75 Å². The van der Waals surface area contributed by atoms with Crippen molar-refractivity contribution in [3.63, 3.8) is 0 Å². The van der Waals surface area contributed by atoms with Gasteiger partial charge in [-0.25, -0.2) is 13.2 Å². The normalized spacial score (nSPS) is 11.1. The molecule has 0 saturated heterocycles. The summed E-state index contributed by atoms with van der Waals surface area (Å²) in [6.07, 6.45) is 1.70. The largest absolute Gasteiger partial charge is 0.462 e. The van der Waals surface area contributed by atoms with Gasteiger partial charge in [0.1, 0.15) is 9.84 Å². The Morgan fingerprint density at radius 1 is 1.40 bits per heavy atom. The fraction of sp³-hybridized carbons (Fsp3) is 0.462. The topological polar surface area (TPSA) is 98.5 Å². The minimum absolute atomic E-state index is 0.126. The van der Waals surface area contributed by atoms with E-state index in [0.29, 0.717) is 36.5 Å². The Labute approximate surface area is 119 Å². The second-order valence-corrected chi connectivity index (χ2v) is 6.69. The van der Waals surface area contributed by atoms with Crippen molar-refractivity contribution < 1.29 is 17.9 Å². The van der Waals surface area contributed by atoms with Gasteiger partial charge in [0.05, 0.1) is 29.3 Å². The summed E-state index contributed by atoms with van der Waals surface area (Å²) in [6, 6.07) is 4.84. The van der Waals surface area contributed by atoms with Crippen LogP contribution < -0.4 is 11.1 Å². The molecule has 20 heavy (non-hydrogen) atoms. The van der Waals surface area contributed by atoms with Crippen LogP contribution in [-0.4, -0.2) is 39.5 Å². The number of sulfone groups is 1. The maximum Gasteiger partial charge on any atom is 0.338 e. The Morgan fingerprint density at radius 3 is 2.65 bits per heavy atom. The first-order valence-electron chi connectivity index (χ1n) is 6.31. The van der Waals surface area contributed by atoms with Crippen molar-refractivity contribution >= 4 is 27.2 Å². The van der Waals surface area contributed by atoms with E-state index in [1.165, 1.54) is 12.3 Å². The Bertz CT molecular complexity index is 570. The van der Waals surface area contributed by atoms with Crippen LogP contribution in [0.3, 0.4) is 0 Å². The van der Waals surface area contributed by atoms with Gasteiger partial charge in [0.15, 0.2) is 0 Å². The first kappa shape index (κ1) is 16.3. The minimum Gasteiger partial charge on any atom is -0.462 e. The minimum atomic E-state index is -2.95. The smallest absolute Gasteiger partial charge is 0.338 e. The molecule has 0 fully saturated rings. The number of hydrogen-bond acceptors (Lipinski definition) is 6. The van der Waals surface area contributed by atoms with Crippen molar-refractivity contribution in [2.75, 3.05) is 36.2 Å². The van der Waals surface area contributed by atoms with Crippen LogP contribution in [0.4, 0.5) is 11.4 Å².